The quantitative estimate of drug-likeness (QED) is 0.653. The molecule has 3 heteroatoms. The highest BCUT2D eigenvalue weighted by molar-refractivity contribution is 6.01. The van der Waals surface area contributed by atoms with Crippen molar-refractivity contribution in [2.24, 2.45) is 0 Å². The second-order valence-electron chi connectivity index (χ2n) is 7.97. The maximum atomic E-state index is 12.9. The summed E-state index contributed by atoms with van der Waals surface area (Å²) in [4.78, 5) is 12.9. The summed E-state index contributed by atoms with van der Waals surface area (Å²) in [6, 6.07) is 20.1. The van der Waals surface area contributed by atoms with Crippen molar-refractivity contribution in [3.05, 3.63) is 77.4 Å². The molecule has 0 aliphatic rings. The van der Waals surface area contributed by atoms with Crippen LogP contribution in [0.3, 0.4) is 0 Å². The molecular weight excluding hydrogens is 334 g/mol. The molecule has 1 atom stereocenters. The van der Waals surface area contributed by atoms with Gasteiger partial charge in [-0.1, -0.05) is 69.3 Å². The van der Waals surface area contributed by atoms with Crippen molar-refractivity contribution in [3.8, 4) is 5.75 Å². The predicted molar refractivity (Wildman–Crippen MR) is 112 cm³/mol. The Hall–Kier alpha value is -2.81. The Balaban J connectivity index is 1.83. The Labute approximate surface area is 161 Å². The molecule has 1 N–H and O–H groups in total. The van der Waals surface area contributed by atoms with Gasteiger partial charge in [-0.25, -0.2) is 0 Å². The molecule has 0 saturated heterocycles. The van der Waals surface area contributed by atoms with E-state index in [1.165, 1.54) is 5.56 Å². The third-order valence-electron chi connectivity index (χ3n) is 4.94. The topological polar surface area (TPSA) is 38.3 Å². The monoisotopic (exact) mass is 361 g/mol. The SMILES string of the molecule is COc1cc2ccccc2cc1C(=O)N[C@@H](C)c1ccc(C(C)(C)C)cc1. The fourth-order valence-corrected chi connectivity index (χ4v) is 3.20. The third-order valence-corrected chi connectivity index (χ3v) is 4.94. The van der Waals surface area contributed by atoms with E-state index in [9.17, 15) is 4.79 Å². The average Bonchev–Trinajstić information content (AvgIpc) is 2.66. The molecular formula is C24H27NO2. The average molecular weight is 361 g/mol. The zero-order valence-electron chi connectivity index (χ0n) is 16.7. The number of carbonyl (C=O) groups is 1. The van der Waals surface area contributed by atoms with Crippen LogP contribution in [0, 0.1) is 0 Å². The first kappa shape index (κ1) is 19.0. The molecule has 0 aliphatic heterocycles. The van der Waals surface area contributed by atoms with Gasteiger partial charge in [-0.2, -0.15) is 0 Å². The second-order valence-corrected chi connectivity index (χ2v) is 7.97. The van der Waals surface area contributed by atoms with Gasteiger partial charge in [0.25, 0.3) is 5.91 Å². The number of hydrogen-bond donors (Lipinski definition) is 1. The second kappa shape index (κ2) is 7.43. The number of amides is 1. The molecule has 0 bridgehead atoms. The largest absolute Gasteiger partial charge is 0.496 e. The fourth-order valence-electron chi connectivity index (χ4n) is 3.20. The summed E-state index contributed by atoms with van der Waals surface area (Å²) < 4.78 is 5.45. The van der Waals surface area contributed by atoms with E-state index in [2.05, 4.69) is 50.4 Å². The Morgan fingerprint density at radius 1 is 0.963 bits per heavy atom. The highest BCUT2D eigenvalue weighted by atomic mass is 16.5. The maximum absolute atomic E-state index is 12.9. The molecule has 0 fully saturated rings. The molecule has 140 valence electrons. The van der Waals surface area contributed by atoms with Gasteiger partial charge in [-0.05, 0) is 46.4 Å². The Morgan fingerprint density at radius 2 is 1.56 bits per heavy atom. The number of hydrogen-bond acceptors (Lipinski definition) is 2. The van der Waals surface area contributed by atoms with E-state index in [1.807, 2.05) is 43.3 Å². The van der Waals surface area contributed by atoms with Gasteiger partial charge in [0.05, 0.1) is 18.7 Å². The Morgan fingerprint density at radius 3 is 2.11 bits per heavy atom. The number of ether oxygens (including phenoxy) is 1. The van der Waals surface area contributed by atoms with Crippen LogP contribution in [-0.4, -0.2) is 13.0 Å². The van der Waals surface area contributed by atoms with Crippen LogP contribution >= 0.6 is 0 Å². The van der Waals surface area contributed by atoms with Crippen LogP contribution in [0.4, 0.5) is 0 Å². The van der Waals surface area contributed by atoms with E-state index in [0.717, 1.165) is 16.3 Å². The number of methoxy groups -OCH3 is 1. The van der Waals surface area contributed by atoms with Crippen molar-refractivity contribution in [1.29, 1.82) is 0 Å². The van der Waals surface area contributed by atoms with Crippen molar-refractivity contribution in [2.45, 2.75) is 39.2 Å². The lowest BCUT2D eigenvalue weighted by molar-refractivity contribution is 0.0937. The minimum absolute atomic E-state index is 0.0947. The van der Waals surface area contributed by atoms with Crippen LogP contribution in [0.5, 0.6) is 5.75 Å². The summed E-state index contributed by atoms with van der Waals surface area (Å²) in [5, 5.41) is 5.16. The van der Waals surface area contributed by atoms with Crippen LogP contribution in [0.25, 0.3) is 10.8 Å². The van der Waals surface area contributed by atoms with Crippen molar-refractivity contribution in [1.82, 2.24) is 5.32 Å². The molecule has 0 aliphatic carbocycles. The van der Waals surface area contributed by atoms with Gasteiger partial charge in [0.2, 0.25) is 0 Å². The van der Waals surface area contributed by atoms with Crippen LogP contribution in [0.1, 0.15) is 55.2 Å². The highest BCUT2D eigenvalue weighted by Gasteiger charge is 2.18. The standard InChI is InChI=1S/C24H27NO2/c1-16(17-10-12-20(13-11-17)24(2,3)4)25-23(26)21-14-18-8-6-7-9-19(18)15-22(21)27-5/h6-16H,1-5H3,(H,25,26)/t16-/m0/s1. The number of carbonyl (C=O) groups excluding carboxylic acids is 1. The summed E-state index contributed by atoms with van der Waals surface area (Å²) in [5.74, 6) is 0.450. The van der Waals surface area contributed by atoms with E-state index in [1.54, 1.807) is 7.11 Å². The zero-order chi connectivity index (χ0) is 19.6. The minimum atomic E-state index is -0.134. The lowest BCUT2D eigenvalue weighted by Gasteiger charge is -2.21. The molecule has 3 rings (SSSR count). The summed E-state index contributed by atoms with van der Waals surface area (Å²) >= 11 is 0. The third kappa shape index (κ3) is 4.13. The number of nitrogens with one attached hydrogen (secondary N) is 1. The Bertz CT molecular complexity index is 952. The van der Waals surface area contributed by atoms with E-state index in [-0.39, 0.29) is 17.4 Å². The molecule has 0 spiro atoms. The molecule has 27 heavy (non-hydrogen) atoms. The summed E-state index contributed by atoms with van der Waals surface area (Å²) in [6.45, 7) is 8.58. The van der Waals surface area contributed by atoms with Crippen LogP contribution in [0.15, 0.2) is 60.7 Å². The summed E-state index contributed by atoms with van der Waals surface area (Å²) in [5.41, 5.74) is 3.02. The number of fused-ring (bicyclic) bond motifs is 1. The number of benzene rings is 3. The van der Waals surface area contributed by atoms with Gasteiger partial charge < -0.3 is 10.1 Å². The van der Waals surface area contributed by atoms with Crippen LogP contribution < -0.4 is 10.1 Å². The molecule has 3 aromatic carbocycles. The molecule has 0 aromatic heterocycles. The lowest BCUT2D eigenvalue weighted by Crippen LogP contribution is -2.27. The summed E-state index contributed by atoms with van der Waals surface area (Å²) in [7, 11) is 1.59. The van der Waals surface area contributed by atoms with Gasteiger partial charge in [0, 0.05) is 0 Å². The van der Waals surface area contributed by atoms with Crippen LogP contribution in [-0.2, 0) is 5.41 Å². The predicted octanol–water partition coefficient (Wildman–Crippen LogP) is 5.64. The molecule has 0 heterocycles. The van der Waals surface area contributed by atoms with Crippen molar-refractivity contribution in [2.75, 3.05) is 7.11 Å². The molecule has 1 amide bonds. The van der Waals surface area contributed by atoms with Crippen molar-refractivity contribution in [3.63, 3.8) is 0 Å². The zero-order valence-corrected chi connectivity index (χ0v) is 16.7. The first-order valence-corrected chi connectivity index (χ1v) is 9.27. The molecule has 0 unspecified atom stereocenters. The highest BCUT2D eigenvalue weighted by Crippen LogP contribution is 2.27. The van der Waals surface area contributed by atoms with E-state index < -0.39 is 0 Å². The van der Waals surface area contributed by atoms with Crippen molar-refractivity contribution >= 4 is 16.7 Å². The van der Waals surface area contributed by atoms with Crippen molar-refractivity contribution < 1.29 is 9.53 Å². The normalized spacial score (nSPS) is 12.6. The lowest BCUT2D eigenvalue weighted by atomic mass is 9.86. The van der Waals surface area contributed by atoms with E-state index in [4.69, 9.17) is 4.74 Å². The Kier molecular flexibility index (Phi) is 5.22. The van der Waals surface area contributed by atoms with Gasteiger partial charge in [0.1, 0.15) is 5.75 Å². The first-order chi connectivity index (χ1) is 12.8. The number of rotatable bonds is 4. The van der Waals surface area contributed by atoms with Gasteiger partial charge in [-0.3, -0.25) is 4.79 Å². The first-order valence-electron chi connectivity index (χ1n) is 9.27. The molecule has 0 radical (unpaired) electrons. The smallest absolute Gasteiger partial charge is 0.255 e. The van der Waals surface area contributed by atoms with E-state index >= 15 is 0 Å². The van der Waals surface area contributed by atoms with Gasteiger partial charge in [-0.15, -0.1) is 0 Å². The fraction of sp³-hybridized carbons (Fsp3) is 0.292. The van der Waals surface area contributed by atoms with E-state index in [0.29, 0.717) is 11.3 Å². The molecule has 3 nitrogen and oxygen atoms in total. The maximum Gasteiger partial charge on any atom is 0.255 e. The minimum Gasteiger partial charge on any atom is -0.496 e. The molecule has 3 aromatic rings. The molecule has 0 saturated carbocycles. The van der Waals surface area contributed by atoms with Gasteiger partial charge in [0.15, 0.2) is 0 Å². The van der Waals surface area contributed by atoms with Gasteiger partial charge >= 0.3 is 0 Å². The van der Waals surface area contributed by atoms with Crippen LogP contribution in [0.2, 0.25) is 0 Å². The summed E-state index contributed by atoms with van der Waals surface area (Å²) in [6.07, 6.45) is 0.